The fourth-order valence-electron chi connectivity index (χ4n) is 2.18. The number of likely N-dealkylation sites (tertiary alicyclic amines) is 1. The summed E-state index contributed by atoms with van der Waals surface area (Å²) < 4.78 is 0. The second-order valence-electron chi connectivity index (χ2n) is 4.88. The molecule has 1 aromatic carbocycles. The molecule has 0 aliphatic carbocycles. The number of hydrogen-bond donors (Lipinski definition) is 2. The molecule has 0 aromatic heterocycles. The van der Waals surface area contributed by atoms with Crippen molar-refractivity contribution in [2.45, 2.75) is 19.3 Å². The predicted octanol–water partition coefficient (Wildman–Crippen LogP) is 2.35. The molecule has 8 heteroatoms. The Morgan fingerprint density at radius 3 is 2.50 bits per heavy atom. The SMILES string of the molecule is N#C/C(=N\Nc1ccc([N+](=O)[O-])cc1)C(=N)N1CCCCC1. The van der Waals surface area contributed by atoms with Gasteiger partial charge in [0.2, 0.25) is 5.71 Å². The van der Waals surface area contributed by atoms with Crippen molar-refractivity contribution in [2.75, 3.05) is 18.5 Å². The summed E-state index contributed by atoms with van der Waals surface area (Å²) in [5.41, 5.74) is 3.16. The summed E-state index contributed by atoms with van der Waals surface area (Å²) in [6.45, 7) is 1.52. The van der Waals surface area contributed by atoms with Crippen LogP contribution in [0.2, 0.25) is 0 Å². The lowest BCUT2D eigenvalue weighted by atomic mass is 10.1. The van der Waals surface area contributed by atoms with Gasteiger partial charge in [0.05, 0.1) is 10.6 Å². The number of nitrogens with one attached hydrogen (secondary N) is 2. The van der Waals surface area contributed by atoms with Gasteiger partial charge in [-0.15, -0.1) is 0 Å². The quantitative estimate of drug-likeness (QED) is 0.383. The van der Waals surface area contributed by atoms with E-state index in [0.29, 0.717) is 5.69 Å². The molecule has 0 unspecified atom stereocenters. The van der Waals surface area contributed by atoms with Crippen LogP contribution in [0.3, 0.4) is 0 Å². The number of nitrogens with zero attached hydrogens (tertiary/aromatic N) is 4. The Labute approximate surface area is 127 Å². The van der Waals surface area contributed by atoms with E-state index in [-0.39, 0.29) is 17.2 Å². The minimum Gasteiger partial charge on any atom is -0.355 e. The highest BCUT2D eigenvalue weighted by atomic mass is 16.6. The van der Waals surface area contributed by atoms with Crippen LogP contribution in [-0.2, 0) is 0 Å². The van der Waals surface area contributed by atoms with Gasteiger partial charge in [0, 0.05) is 25.2 Å². The number of piperidine rings is 1. The highest BCUT2D eigenvalue weighted by Crippen LogP contribution is 2.15. The lowest BCUT2D eigenvalue weighted by Crippen LogP contribution is -2.39. The molecule has 0 radical (unpaired) electrons. The second-order valence-corrected chi connectivity index (χ2v) is 4.88. The van der Waals surface area contributed by atoms with Crippen LogP contribution in [0.15, 0.2) is 29.4 Å². The van der Waals surface area contributed by atoms with E-state index in [1.54, 1.807) is 0 Å². The Hall–Kier alpha value is -2.95. The molecule has 1 aliphatic rings. The summed E-state index contributed by atoms with van der Waals surface area (Å²) >= 11 is 0. The Balaban J connectivity index is 2.04. The molecule has 1 fully saturated rings. The fourth-order valence-corrected chi connectivity index (χ4v) is 2.18. The molecular weight excluding hydrogens is 284 g/mol. The first-order valence-corrected chi connectivity index (χ1v) is 6.94. The van der Waals surface area contributed by atoms with Crippen molar-refractivity contribution < 1.29 is 4.92 Å². The van der Waals surface area contributed by atoms with Crippen molar-refractivity contribution in [2.24, 2.45) is 5.10 Å². The molecule has 22 heavy (non-hydrogen) atoms. The van der Waals surface area contributed by atoms with E-state index < -0.39 is 4.92 Å². The number of hydrazone groups is 1. The van der Waals surface area contributed by atoms with Crippen LogP contribution in [0.1, 0.15) is 19.3 Å². The van der Waals surface area contributed by atoms with Crippen LogP contribution in [0.25, 0.3) is 0 Å². The molecule has 1 heterocycles. The molecule has 2 N–H and O–H groups in total. The summed E-state index contributed by atoms with van der Waals surface area (Å²) in [7, 11) is 0. The van der Waals surface area contributed by atoms with Gasteiger partial charge in [-0.05, 0) is 31.4 Å². The molecule has 0 atom stereocenters. The van der Waals surface area contributed by atoms with Gasteiger partial charge in [0.15, 0.2) is 5.84 Å². The largest absolute Gasteiger partial charge is 0.355 e. The van der Waals surface area contributed by atoms with Gasteiger partial charge in [0.1, 0.15) is 6.07 Å². The number of hydrogen-bond acceptors (Lipinski definition) is 6. The summed E-state index contributed by atoms with van der Waals surface area (Å²) in [5, 5.41) is 31.7. The van der Waals surface area contributed by atoms with Gasteiger partial charge in [-0.25, -0.2) is 0 Å². The van der Waals surface area contributed by atoms with Crippen molar-refractivity contribution >= 4 is 22.9 Å². The van der Waals surface area contributed by atoms with Gasteiger partial charge in [-0.2, -0.15) is 10.4 Å². The third-order valence-electron chi connectivity index (χ3n) is 3.38. The number of amidine groups is 1. The number of anilines is 1. The van der Waals surface area contributed by atoms with E-state index in [9.17, 15) is 10.1 Å². The highest BCUT2D eigenvalue weighted by molar-refractivity contribution is 6.46. The van der Waals surface area contributed by atoms with E-state index in [0.717, 1.165) is 32.4 Å². The maximum atomic E-state index is 10.6. The Kier molecular flexibility index (Phi) is 5.03. The van der Waals surface area contributed by atoms with E-state index >= 15 is 0 Å². The van der Waals surface area contributed by atoms with E-state index in [4.69, 9.17) is 10.7 Å². The summed E-state index contributed by atoms with van der Waals surface area (Å²) in [4.78, 5) is 11.9. The van der Waals surface area contributed by atoms with E-state index in [1.165, 1.54) is 24.3 Å². The van der Waals surface area contributed by atoms with Crippen LogP contribution in [0.4, 0.5) is 11.4 Å². The molecular formula is C14H16N6O2. The Bertz CT molecular complexity index is 626. The van der Waals surface area contributed by atoms with Crippen molar-refractivity contribution in [1.82, 2.24) is 4.90 Å². The molecule has 1 aliphatic heterocycles. The topological polar surface area (TPSA) is 118 Å². The average molecular weight is 300 g/mol. The number of non-ortho nitro benzene ring substituents is 1. The molecule has 1 saturated heterocycles. The number of rotatable bonds is 4. The third kappa shape index (κ3) is 3.79. The molecule has 114 valence electrons. The lowest BCUT2D eigenvalue weighted by Gasteiger charge is -2.27. The standard InChI is InChI=1S/C14H16N6O2/c15-10-13(14(16)19-8-2-1-3-9-19)18-17-11-4-6-12(7-5-11)20(21)22/h4-7,16-17H,1-3,8-9H2/b16-14?,18-13+. The molecule has 0 bridgehead atoms. The zero-order chi connectivity index (χ0) is 15.9. The zero-order valence-electron chi connectivity index (χ0n) is 12.0. The summed E-state index contributed by atoms with van der Waals surface area (Å²) in [5.74, 6) is 0.108. The van der Waals surface area contributed by atoms with Crippen LogP contribution < -0.4 is 5.43 Å². The molecule has 2 rings (SSSR count). The lowest BCUT2D eigenvalue weighted by molar-refractivity contribution is -0.384. The third-order valence-corrected chi connectivity index (χ3v) is 3.38. The van der Waals surface area contributed by atoms with E-state index in [2.05, 4.69) is 10.5 Å². The first kappa shape index (κ1) is 15.4. The Morgan fingerprint density at radius 2 is 1.95 bits per heavy atom. The maximum Gasteiger partial charge on any atom is 0.269 e. The van der Waals surface area contributed by atoms with Gasteiger partial charge in [-0.1, -0.05) is 0 Å². The van der Waals surface area contributed by atoms with Crippen LogP contribution in [0, 0.1) is 26.9 Å². The fraction of sp³-hybridized carbons (Fsp3) is 0.357. The normalized spacial score (nSPS) is 15.0. The van der Waals surface area contributed by atoms with Gasteiger partial charge < -0.3 is 4.90 Å². The number of nitro groups is 1. The van der Waals surface area contributed by atoms with Crippen molar-refractivity contribution in [1.29, 1.82) is 10.7 Å². The zero-order valence-corrected chi connectivity index (χ0v) is 12.0. The summed E-state index contributed by atoms with van der Waals surface area (Å²) in [6.07, 6.45) is 3.16. The molecule has 1 aromatic rings. The first-order valence-electron chi connectivity index (χ1n) is 6.94. The number of nitriles is 1. The molecule has 0 amide bonds. The van der Waals surface area contributed by atoms with Crippen LogP contribution >= 0.6 is 0 Å². The van der Waals surface area contributed by atoms with Gasteiger partial charge in [0.25, 0.3) is 5.69 Å². The molecule has 0 spiro atoms. The Morgan fingerprint density at radius 1 is 1.32 bits per heavy atom. The van der Waals surface area contributed by atoms with Crippen molar-refractivity contribution in [3.05, 3.63) is 34.4 Å². The monoisotopic (exact) mass is 300 g/mol. The minimum atomic E-state index is -0.486. The van der Waals surface area contributed by atoms with Crippen LogP contribution in [-0.4, -0.2) is 34.5 Å². The maximum absolute atomic E-state index is 10.6. The second kappa shape index (κ2) is 7.17. The molecule has 0 saturated carbocycles. The molecule has 8 nitrogen and oxygen atoms in total. The average Bonchev–Trinajstić information content (AvgIpc) is 2.56. The minimum absolute atomic E-state index is 0.000234. The van der Waals surface area contributed by atoms with E-state index in [1.807, 2.05) is 11.0 Å². The van der Waals surface area contributed by atoms with Gasteiger partial charge in [-0.3, -0.25) is 20.9 Å². The number of nitro benzene ring substituents is 1. The van der Waals surface area contributed by atoms with Crippen molar-refractivity contribution in [3.8, 4) is 6.07 Å². The number of benzene rings is 1. The first-order chi connectivity index (χ1) is 10.6. The van der Waals surface area contributed by atoms with Gasteiger partial charge >= 0.3 is 0 Å². The smallest absolute Gasteiger partial charge is 0.269 e. The van der Waals surface area contributed by atoms with Crippen LogP contribution in [0.5, 0.6) is 0 Å². The summed E-state index contributed by atoms with van der Waals surface area (Å²) in [6, 6.07) is 7.61. The van der Waals surface area contributed by atoms with Crippen molar-refractivity contribution in [3.63, 3.8) is 0 Å². The highest BCUT2D eigenvalue weighted by Gasteiger charge is 2.18. The predicted molar refractivity (Wildman–Crippen MR) is 82.9 cm³/mol.